The molecule has 0 spiro atoms. The third kappa shape index (κ3) is 2.88. The quantitative estimate of drug-likeness (QED) is 0.782. The first-order valence-electron chi connectivity index (χ1n) is 8.02. The zero-order valence-electron chi connectivity index (χ0n) is 12.7. The average Bonchev–Trinajstić information content (AvgIpc) is 3.01. The molecule has 5 nitrogen and oxygen atoms in total. The second kappa shape index (κ2) is 6.16. The smallest absolute Gasteiger partial charge is 0.168 e. The summed E-state index contributed by atoms with van der Waals surface area (Å²) in [6, 6.07) is 8.10. The van der Waals surface area contributed by atoms with Crippen molar-refractivity contribution in [2.75, 3.05) is 5.32 Å². The number of hydrogen-bond acceptors (Lipinski definition) is 4. The molecule has 0 amide bonds. The molecule has 23 heavy (non-hydrogen) atoms. The number of fused-ring (bicyclic) bond motifs is 1. The number of nitrogens with one attached hydrogen (secondary N) is 1. The fourth-order valence-electron chi connectivity index (χ4n) is 3.20. The lowest BCUT2D eigenvalue weighted by molar-refractivity contribution is 0.462. The van der Waals surface area contributed by atoms with Gasteiger partial charge in [-0.2, -0.15) is 5.10 Å². The van der Waals surface area contributed by atoms with Crippen LogP contribution in [0.25, 0.3) is 16.7 Å². The summed E-state index contributed by atoms with van der Waals surface area (Å²) >= 11 is 6.09. The van der Waals surface area contributed by atoms with Crippen LogP contribution in [-0.2, 0) is 0 Å². The number of anilines is 1. The van der Waals surface area contributed by atoms with Gasteiger partial charge in [0.25, 0.3) is 0 Å². The van der Waals surface area contributed by atoms with Gasteiger partial charge in [0.2, 0.25) is 0 Å². The van der Waals surface area contributed by atoms with Gasteiger partial charge in [-0.3, -0.25) is 0 Å². The minimum absolute atomic E-state index is 0.497. The van der Waals surface area contributed by atoms with Gasteiger partial charge in [-0.15, -0.1) is 0 Å². The molecule has 0 atom stereocenters. The van der Waals surface area contributed by atoms with Crippen LogP contribution < -0.4 is 5.32 Å². The van der Waals surface area contributed by atoms with Crippen molar-refractivity contribution in [3.05, 3.63) is 41.8 Å². The minimum Gasteiger partial charge on any atom is -0.367 e. The zero-order valence-corrected chi connectivity index (χ0v) is 13.5. The van der Waals surface area contributed by atoms with E-state index >= 15 is 0 Å². The molecule has 1 aliphatic rings. The first-order chi connectivity index (χ1) is 11.3. The third-order valence-corrected chi connectivity index (χ3v) is 4.60. The monoisotopic (exact) mass is 327 g/mol. The van der Waals surface area contributed by atoms with Crippen LogP contribution >= 0.6 is 11.6 Å². The lowest BCUT2D eigenvalue weighted by Gasteiger charge is -2.23. The first kappa shape index (κ1) is 14.5. The van der Waals surface area contributed by atoms with Gasteiger partial charge in [0.15, 0.2) is 5.65 Å². The molecule has 0 bridgehead atoms. The van der Waals surface area contributed by atoms with Crippen LogP contribution in [0, 0.1) is 0 Å². The van der Waals surface area contributed by atoms with Crippen molar-refractivity contribution in [1.29, 1.82) is 0 Å². The molecule has 1 aromatic carbocycles. The predicted octanol–water partition coefficient (Wildman–Crippen LogP) is 4.21. The van der Waals surface area contributed by atoms with Gasteiger partial charge in [-0.25, -0.2) is 14.6 Å². The molecule has 1 aliphatic carbocycles. The maximum Gasteiger partial charge on any atom is 0.168 e. The molecule has 1 saturated carbocycles. The number of nitrogens with zero attached hydrogens (tertiary/aromatic N) is 4. The van der Waals surface area contributed by atoms with E-state index in [9.17, 15) is 0 Å². The molecule has 4 rings (SSSR count). The summed E-state index contributed by atoms with van der Waals surface area (Å²) in [6.45, 7) is 0. The molecule has 1 N–H and O–H groups in total. The van der Waals surface area contributed by atoms with Crippen LogP contribution in [0.5, 0.6) is 0 Å². The van der Waals surface area contributed by atoms with E-state index in [1.54, 1.807) is 11.0 Å². The van der Waals surface area contributed by atoms with E-state index in [-0.39, 0.29) is 0 Å². The highest BCUT2D eigenvalue weighted by Crippen LogP contribution is 2.26. The standard InChI is InChI=1S/C17H18ClN5/c18-12-5-4-8-14(9-12)23-17-15(10-21-23)16(19-11-20-17)22-13-6-2-1-3-7-13/h4-5,8-11,13H,1-3,6-7H2,(H,19,20,22). The van der Waals surface area contributed by atoms with Crippen LogP contribution in [0.3, 0.4) is 0 Å². The first-order valence-corrected chi connectivity index (χ1v) is 8.40. The van der Waals surface area contributed by atoms with E-state index in [4.69, 9.17) is 11.6 Å². The van der Waals surface area contributed by atoms with E-state index in [1.807, 2.05) is 30.5 Å². The highest BCUT2D eigenvalue weighted by atomic mass is 35.5. The molecule has 0 unspecified atom stereocenters. The molecule has 6 heteroatoms. The SMILES string of the molecule is Clc1cccc(-n2ncc3c(NC4CCCCC4)ncnc32)c1. The lowest BCUT2D eigenvalue weighted by Crippen LogP contribution is -2.22. The summed E-state index contributed by atoms with van der Waals surface area (Å²) in [5, 5.41) is 9.67. The summed E-state index contributed by atoms with van der Waals surface area (Å²) in [6.07, 6.45) is 9.73. The minimum atomic E-state index is 0.497. The van der Waals surface area contributed by atoms with Crippen molar-refractivity contribution in [2.24, 2.45) is 0 Å². The van der Waals surface area contributed by atoms with E-state index in [2.05, 4.69) is 20.4 Å². The van der Waals surface area contributed by atoms with Crippen molar-refractivity contribution in [1.82, 2.24) is 19.7 Å². The Balaban J connectivity index is 1.71. The lowest BCUT2D eigenvalue weighted by atomic mass is 9.95. The van der Waals surface area contributed by atoms with Gasteiger partial charge < -0.3 is 5.32 Å². The molecule has 3 aromatic rings. The normalized spacial score (nSPS) is 15.9. The fourth-order valence-corrected chi connectivity index (χ4v) is 3.38. The maximum atomic E-state index is 6.09. The molecule has 2 aromatic heterocycles. The highest BCUT2D eigenvalue weighted by Gasteiger charge is 2.17. The van der Waals surface area contributed by atoms with Crippen LogP contribution in [0.2, 0.25) is 5.02 Å². The highest BCUT2D eigenvalue weighted by molar-refractivity contribution is 6.30. The number of rotatable bonds is 3. The zero-order chi connectivity index (χ0) is 15.6. The van der Waals surface area contributed by atoms with Crippen LogP contribution in [-0.4, -0.2) is 25.8 Å². The van der Waals surface area contributed by atoms with Crippen LogP contribution in [0.15, 0.2) is 36.8 Å². The van der Waals surface area contributed by atoms with Gasteiger partial charge in [-0.1, -0.05) is 36.9 Å². The summed E-state index contributed by atoms with van der Waals surface area (Å²) in [7, 11) is 0. The number of halogens is 1. The van der Waals surface area contributed by atoms with Gasteiger partial charge in [0, 0.05) is 11.1 Å². The van der Waals surface area contributed by atoms with Gasteiger partial charge >= 0.3 is 0 Å². The molecule has 2 heterocycles. The van der Waals surface area contributed by atoms with Crippen molar-refractivity contribution in [3.8, 4) is 5.69 Å². The van der Waals surface area contributed by atoms with E-state index in [0.29, 0.717) is 11.1 Å². The second-order valence-corrected chi connectivity index (χ2v) is 6.41. The van der Waals surface area contributed by atoms with Gasteiger partial charge in [0.1, 0.15) is 12.1 Å². The molecule has 0 radical (unpaired) electrons. The molecule has 1 fully saturated rings. The fraction of sp³-hybridized carbons (Fsp3) is 0.353. The Morgan fingerprint density at radius 3 is 2.83 bits per heavy atom. The van der Waals surface area contributed by atoms with Gasteiger partial charge in [-0.05, 0) is 31.0 Å². The summed E-state index contributed by atoms with van der Waals surface area (Å²) in [5.41, 5.74) is 1.69. The number of aromatic nitrogens is 4. The Morgan fingerprint density at radius 2 is 2.00 bits per heavy atom. The Bertz CT molecular complexity index is 823. The molecular formula is C17H18ClN5. The van der Waals surface area contributed by atoms with Crippen molar-refractivity contribution in [3.63, 3.8) is 0 Å². The number of benzene rings is 1. The molecule has 118 valence electrons. The number of hydrogen-bond donors (Lipinski definition) is 1. The molecule has 0 aliphatic heterocycles. The molecule has 0 saturated heterocycles. The van der Waals surface area contributed by atoms with Gasteiger partial charge in [0.05, 0.1) is 17.3 Å². The summed E-state index contributed by atoms with van der Waals surface area (Å²) in [5.74, 6) is 0.871. The van der Waals surface area contributed by atoms with Crippen LogP contribution in [0.4, 0.5) is 5.82 Å². The largest absolute Gasteiger partial charge is 0.367 e. The predicted molar refractivity (Wildman–Crippen MR) is 92.2 cm³/mol. The van der Waals surface area contributed by atoms with Crippen molar-refractivity contribution >= 4 is 28.5 Å². The second-order valence-electron chi connectivity index (χ2n) is 5.98. The average molecular weight is 328 g/mol. The third-order valence-electron chi connectivity index (χ3n) is 4.36. The van der Waals surface area contributed by atoms with E-state index < -0.39 is 0 Å². The molecular weight excluding hydrogens is 310 g/mol. The Morgan fingerprint density at radius 1 is 1.13 bits per heavy atom. The van der Waals surface area contributed by atoms with Crippen LogP contribution in [0.1, 0.15) is 32.1 Å². The Kier molecular flexibility index (Phi) is 3.87. The van der Waals surface area contributed by atoms with E-state index in [0.717, 1.165) is 22.5 Å². The Labute approximate surface area is 139 Å². The Hall–Kier alpha value is -2.14. The summed E-state index contributed by atoms with van der Waals surface area (Å²) in [4.78, 5) is 8.83. The topological polar surface area (TPSA) is 55.6 Å². The summed E-state index contributed by atoms with van der Waals surface area (Å²) < 4.78 is 1.80. The van der Waals surface area contributed by atoms with Crippen molar-refractivity contribution in [2.45, 2.75) is 38.1 Å². The maximum absolute atomic E-state index is 6.09. The van der Waals surface area contributed by atoms with E-state index in [1.165, 1.54) is 32.1 Å². The van der Waals surface area contributed by atoms with Crippen molar-refractivity contribution < 1.29 is 0 Å².